The van der Waals surface area contributed by atoms with Crippen molar-refractivity contribution >= 4 is 28.1 Å². The van der Waals surface area contributed by atoms with Crippen molar-refractivity contribution in [1.29, 1.82) is 0 Å². The van der Waals surface area contributed by atoms with Crippen LogP contribution < -0.4 is 0 Å². The molecule has 0 aromatic heterocycles. The average Bonchev–Trinajstić information content (AvgIpc) is 2.74. The molecule has 0 spiro atoms. The van der Waals surface area contributed by atoms with E-state index < -0.39 is 17.8 Å². The SMILES string of the molecule is CC(C)(C)OC(=O)N1C(=O)O[C@@H](CBr)[C@@H]1Cc1ccccc1. The zero-order chi connectivity index (χ0) is 16.3. The molecule has 1 aromatic carbocycles. The fourth-order valence-corrected chi connectivity index (χ4v) is 2.86. The van der Waals surface area contributed by atoms with Crippen LogP contribution in [0.25, 0.3) is 0 Å². The van der Waals surface area contributed by atoms with Gasteiger partial charge >= 0.3 is 12.2 Å². The minimum Gasteiger partial charge on any atom is -0.443 e. The third-order valence-electron chi connectivity index (χ3n) is 3.24. The predicted molar refractivity (Wildman–Crippen MR) is 86.1 cm³/mol. The monoisotopic (exact) mass is 369 g/mol. The highest BCUT2D eigenvalue weighted by molar-refractivity contribution is 9.09. The highest BCUT2D eigenvalue weighted by atomic mass is 79.9. The smallest absolute Gasteiger partial charge is 0.420 e. The van der Waals surface area contributed by atoms with Crippen molar-refractivity contribution in [3.63, 3.8) is 0 Å². The van der Waals surface area contributed by atoms with E-state index in [1.165, 1.54) is 0 Å². The van der Waals surface area contributed by atoms with Crippen LogP contribution in [0.15, 0.2) is 30.3 Å². The number of rotatable bonds is 3. The number of hydrogen-bond acceptors (Lipinski definition) is 4. The first kappa shape index (κ1) is 16.8. The fraction of sp³-hybridized carbons (Fsp3) is 0.500. The van der Waals surface area contributed by atoms with Crippen molar-refractivity contribution < 1.29 is 19.1 Å². The standard InChI is InChI=1S/C16H20BrNO4/c1-16(2,3)22-15(20)18-12(13(10-17)21-14(18)19)9-11-7-5-4-6-8-11/h4-8,12-13H,9-10H2,1-3H3/t12-,13-/m0/s1. The van der Waals surface area contributed by atoms with Gasteiger partial charge in [-0.3, -0.25) is 0 Å². The molecule has 2 atom stereocenters. The van der Waals surface area contributed by atoms with Crippen LogP contribution in [-0.4, -0.2) is 40.2 Å². The van der Waals surface area contributed by atoms with Crippen molar-refractivity contribution in [3.05, 3.63) is 35.9 Å². The van der Waals surface area contributed by atoms with Crippen molar-refractivity contribution in [2.75, 3.05) is 5.33 Å². The van der Waals surface area contributed by atoms with E-state index in [0.717, 1.165) is 10.5 Å². The van der Waals surface area contributed by atoms with Gasteiger partial charge in [0.15, 0.2) is 0 Å². The Kier molecular flexibility index (Phi) is 5.11. The molecule has 6 heteroatoms. The van der Waals surface area contributed by atoms with Gasteiger partial charge in [0, 0.05) is 5.33 Å². The van der Waals surface area contributed by atoms with Crippen molar-refractivity contribution in [2.45, 2.75) is 44.9 Å². The molecule has 1 fully saturated rings. The quantitative estimate of drug-likeness (QED) is 0.761. The molecular weight excluding hydrogens is 350 g/mol. The molecule has 0 saturated carbocycles. The van der Waals surface area contributed by atoms with Gasteiger partial charge in [0.1, 0.15) is 11.7 Å². The molecule has 1 saturated heterocycles. The number of hydrogen-bond donors (Lipinski definition) is 0. The van der Waals surface area contributed by atoms with Gasteiger partial charge in [-0.15, -0.1) is 0 Å². The molecule has 0 bridgehead atoms. The van der Waals surface area contributed by atoms with Crippen LogP contribution >= 0.6 is 15.9 Å². The summed E-state index contributed by atoms with van der Waals surface area (Å²) in [5, 5.41) is 0.468. The maximum atomic E-state index is 12.3. The van der Waals surface area contributed by atoms with Crippen LogP contribution in [0.5, 0.6) is 0 Å². The molecule has 0 N–H and O–H groups in total. The lowest BCUT2D eigenvalue weighted by Gasteiger charge is -2.26. The first-order valence-corrected chi connectivity index (χ1v) is 8.26. The van der Waals surface area contributed by atoms with Gasteiger partial charge in [0.05, 0.1) is 6.04 Å². The van der Waals surface area contributed by atoms with Crippen LogP contribution in [0, 0.1) is 0 Å². The number of nitrogens with zero attached hydrogens (tertiary/aromatic N) is 1. The Balaban J connectivity index is 2.21. The summed E-state index contributed by atoms with van der Waals surface area (Å²) in [5.41, 5.74) is 0.367. The number of alkyl halides is 1. The van der Waals surface area contributed by atoms with Crippen molar-refractivity contribution in [2.24, 2.45) is 0 Å². The Hall–Kier alpha value is -1.56. The highest BCUT2D eigenvalue weighted by Gasteiger charge is 2.46. The zero-order valence-electron chi connectivity index (χ0n) is 12.9. The molecule has 5 nitrogen and oxygen atoms in total. The molecular formula is C16H20BrNO4. The summed E-state index contributed by atoms with van der Waals surface area (Å²) >= 11 is 3.34. The normalized spacial score (nSPS) is 21.6. The van der Waals surface area contributed by atoms with E-state index in [0.29, 0.717) is 11.8 Å². The number of carbonyl (C=O) groups excluding carboxylic acids is 2. The summed E-state index contributed by atoms with van der Waals surface area (Å²) in [7, 11) is 0. The molecule has 0 unspecified atom stereocenters. The second-order valence-electron chi connectivity index (χ2n) is 6.18. The van der Waals surface area contributed by atoms with Gasteiger partial charge in [-0.25, -0.2) is 14.5 Å². The summed E-state index contributed by atoms with van der Waals surface area (Å²) in [6.45, 7) is 5.29. The number of cyclic esters (lactones) is 1. The van der Waals surface area contributed by atoms with Gasteiger partial charge in [-0.2, -0.15) is 0 Å². The first-order chi connectivity index (χ1) is 10.3. The van der Waals surface area contributed by atoms with E-state index in [1.54, 1.807) is 20.8 Å². The molecule has 1 aliphatic rings. The average molecular weight is 370 g/mol. The third-order valence-corrected chi connectivity index (χ3v) is 3.88. The van der Waals surface area contributed by atoms with E-state index in [1.807, 2.05) is 30.3 Å². The largest absolute Gasteiger partial charge is 0.443 e. The summed E-state index contributed by atoms with van der Waals surface area (Å²) < 4.78 is 10.6. The molecule has 22 heavy (non-hydrogen) atoms. The molecule has 0 aliphatic carbocycles. The second kappa shape index (κ2) is 6.69. The molecule has 120 valence electrons. The van der Waals surface area contributed by atoms with Gasteiger partial charge in [-0.05, 0) is 32.8 Å². The van der Waals surface area contributed by atoms with Gasteiger partial charge in [-0.1, -0.05) is 46.3 Å². The maximum absolute atomic E-state index is 12.3. The minimum absolute atomic E-state index is 0.385. The summed E-state index contributed by atoms with van der Waals surface area (Å²) in [6, 6.07) is 9.31. The number of amides is 2. The van der Waals surface area contributed by atoms with E-state index in [2.05, 4.69) is 15.9 Å². The lowest BCUT2D eigenvalue weighted by atomic mass is 10.0. The Bertz CT molecular complexity index is 541. The van der Waals surface area contributed by atoms with Gasteiger partial charge in [0.2, 0.25) is 0 Å². The minimum atomic E-state index is -0.666. The number of ether oxygens (including phenoxy) is 2. The Morgan fingerprint density at radius 1 is 1.32 bits per heavy atom. The van der Waals surface area contributed by atoms with E-state index in [-0.39, 0.29) is 12.1 Å². The number of benzene rings is 1. The van der Waals surface area contributed by atoms with Crippen LogP contribution in [0.2, 0.25) is 0 Å². The van der Waals surface area contributed by atoms with Crippen LogP contribution in [-0.2, 0) is 15.9 Å². The van der Waals surface area contributed by atoms with Crippen LogP contribution in [0.3, 0.4) is 0 Å². The molecule has 1 heterocycles. The topological polar surface area (TPSA) is 55.8 Å². The van der Waals surface area contributed by atoms with Crippen LogP contribution in [0.4, 0.5) is 9.59 Å². The summed E-state index contributed by atoms with van der Waals surface area (Å²) in [6.07, 6.45) is -1.18. The fourth-order valence-electron chi connectivity index (χ4n) is 2.30. The third kappa shape index (κ3) is 4.00. The second-order valence-corrected chi connectivity index (χ2v) is 6.83. The summed E-state index contributed by atoms with van der Waals surface area (Å²) in [5.74, 6) is 0. The Morgan fingerprint density at radius 3 is 2.50 bits per heavy atom. The number of carbonyl (C=O) groups is 2. The van der Waals surface area contributed by atoms with Crippen molar-refractivity contribution in [1.82, 2.24) is 4.90 Å². The zero-order valence-corrected chi connectivity index (χ0v) is 14.5. The predicted octanol–water partition coefficient (Wildman–Crippen LogP) is 3.75. The molecule has 0 radical (unpaired) electrons. The van der Waals surface area contributed by atoms with Gasteiger partial charge in [0.25, 0.3) is 0 Å². The van der Waals surface area contributed by atoms with E-state index in [4.69, 9.17) is 9.47 Å². The Labute approximate surface area is 138 Å². The molecule has 1 aromatic rings. The lowest BCUT2D eigenvalue weighted by Crippen LogP contribution is -2.45. The van der Waals surface area contributed by atoms with Crippen molar-refractivity contribution in [3.8, 4) is 0 Å². The van der Waals surface area contributed by atoms with E-state index in [9.17, 15) is 9.59 Å². The maximum Gasteiger partial charge on any atom is 0.420 e. The number of imide groups is 1. The molecule has 1 aliphatic heterocycles. The lowest BCUT2D eigenvalue weighted by molar-refractivity contribution is 0.0288. The van der Waals surface area contributed by atoms with E-state index >= 15 is 0 Å². The molecule has 2 rings (SSSR count). The first-order valence-electron chi connectivity index (χ1n) is 7.14. The highest BCUT2D eigenvalue weighted by Crippen LogP contribution is 2.26. The van der Waals surface area contributed by atoms with Gasteiger partial charge < -0.3 is 9.47 Å². The summed E-state index contributed by atoms with van der Waals surface area (Å²) in [4.78, 5) is 25.5. The Morgan fingerprint density at radius 2 is 1.95 bits per heavy atom. The van der Waals surface area contributed by atoms with Crippen LogP contribution in [0.1, 0.15) is 26.3 Å². The molecule has 2 amide bonds. The number of halogens is 1.